The monoisotopic (exact) mass is 280 g/mol. The molecule has 0 spiro atoms. The largest absolute Gasteiger partial charge is 0.478 e. The molecule has 0 unspecified atom stereocenters. The van der Waals surface area contributed by atoms with Gasteiger partial charge < -0.3 is 9.84 Å². The van der Waals surface area contributed by atoms with E-state index in [1.54, 1.807) is 0 Å². The SMILES string of the molecule is CCOC(CC)(CC)c1ncc(C(=O)O)c(C(C)C)n1. The lowest BCUT2D eigenvalue weighted by Gasteiger charge is -2.30. The molecule has 5 heteroatoms. The number of rotatable bonds is 7. The summed E-state index contributed by atoms with van der Waals surface area (Å²) in [6, 6.07) is 0. The maximum atomic E-state index is 11.2. The van der Waals surface area contributed by atoms with Gasteiger partial charge in [0.25, 0.3) is 0 Å². The molecule has 5 nitrogen and oxygen atoms in total. The first-order valence-electron chi connectivity index (χ1n) is 7.16. The molecule has 0 aromatic carbocycles. The number of aromatic carboxylic acids is 1. The third-order valence-corrected chi connectivity index (χ3v) is 3.57. The quantitative estimate of drug-likeness (QED) is 0.829. The Hall–Kier alpha value is -1.49. The molecular weight excluding hydrogens is 256 g/mol. The van der Waals surface area contributed by atoms with Gasteiger partial charge in [-0.1, -0.05) is 27.7 Å². The predicted molar refractivity (Wildman–Crippen MR) is 77.0 cm³/mol. The Labute approximate surface area is 120 Å². The van der Waals surface area contributed by atoms with Gasteiger partial charge in [-0.15, -0.1) is 0 Å². The molecule has 20 heavy (non-hydrogen) atoms. The molecule has 0 saturated carbocycles. The highest BCUT2D eigenvalue weighted by Crippen LogP contribution is 2.31. The van der Waals surface area contributed by atoms with Gasteiger partial charge in [0.2, 0.25) is 0 Å². The van der Waals surface area contributed by atoms with Crippen LogP contribution in [0.3, 0.4) is 0 Å². The van der Waals surface area contributed by atoms with Crippen molar-refractivity contribution in [3.63, 3.8) is 0 Å². The van der Waals surface area contributed by atoms with E-state index in [0.29, 0.717) is 18.1 Å². The highest BCUT2D eigenvalue weighted by Gasteiger charge is 2.33. The van der Waals surface area contributed by atoms with E-state index < -0.39 is 11.6 Å². The van der Waals surface area contributed by atoms with Crippen molar-refractivity contribution in [1.82, 2.24) is 9.97 Å². The first-order valence-corrected chi connectivity index (χ1v) is 7.16. The van der Waals surface area contributed by atoms with Gasteiger partial charge in [0.05, 0.1) is 11.3 Å². The zero-order chi connectivity index (χ0) is 15.3. The molecule has 0 bridgehead atoms. The van der Waals surface area contributed by atoms with Gasteiger partial charge in [0.15, 0.2) is 5.82 Å². The second-order valence-electron chi connectivity index (χ2n) is 5.09. The van der Waals surface area contributed by atoms with Crippen LogP contribution in [0.4, 0.5) is 0 Å². The first-order chi connectivity index (χ1) is 9.41. The highest BCUT2D eigenvalue weighted by atomic mass is 16.5. The topological polar surface area (TPSA) is 72.3 Å². The molecule has 0 aliphatic rings. The fourth-order valence-corrected chi connectivity index (χ4v) is 2.33. The maximum absolute atomic E-state index is 11.2. The Morgan fingerprint density at radius 1 is 1.35 bits per heavy atom. The van der Waals surface area contributed by atoms with Gasteiger partial charge in [0.1, 0.15) is 5.60 Å². The number of hydrogen-bond acceptors (Lipinski definition) is 4. The summed E-state index contributed by atoms with van der Waals surface area (Å²) >= 11 is 0. The van der Waals surface area contributed by atoms with Crippen LogP contribution in [0.2, 0.25) is 0 Å². The molecule has 0 radical (unpaired) electrons. The number of hydrogen-bond donors (Lipinski definition) is 1. The molecule has 0 fully saturated rings. The molecule has 0 aliphatic heterocycles. The lowest BCUT2D eigenvalue weighted by atomic mass is 9.94. The standard InChI is InChI=1S/C15H24N2O3/c1-6-15(7-2,20-8-3)14-16-9-11(13(18)19)12(17-14)10(4)5/h9-10H,6-8H2,1-5H3,(H,18,19). The number of carbonyl (C=O) groups is 1. The Balaban J connectivity index is 3.38. The van der Waals surface area contributed by atoms with Crippen LogP contribution in [0.25, 0.3) is 0 Å². The minimum atomic E-state index is -0.991. The van der Waals surface area contributed by atoms with Crippen molar-refractivity contribution in [3.05, 3.63) is 23.3 Å². The summed E-state index contributed by atoms with van der Waals surface area (Å²) < 4.78 is 5.88. The fraction of sp³-hybridized carbons (Fsp3) is 0.667. The molecule has 1 aromatic rings. The molecule has 0 atom stereocenters. The zero-order valence-electron chi connectivity index (χ0n) is 12.9. The van der Waals surface area contributed by atoms with Crippen LogP contribution in [0.15, 0.2) is 6.20 Å². The Morgan fingerprint density at radius 3 is 2.35 bits per heavy atom. The van der Waals surface area contributed by atoms with Gasteiger partial charge in [-0.25, -0.2) is 14.8 Å². The molecule has 1 N–H and O–H groups in total. The van der Waals surface area contributed by atoms with Crippen LogP contribution in [0.5, 0.6) is 0 Å². The van der Waals surface area contributed by atoms with E-state index >= 15 is 0 Å². The van der Waals surface area contributed by atoms with Crippen molar-refractivity contribution >= 4 is 5.97 Å². The van der Waals surface area contributed by atoms with E-state index in [2.05, 4.69) is 9.97 Å². The zero-order valence-corrected chi connectivity index (χ0v) is 12.9. The smallest absolute Gasteiger partial charge is 0.339 e. The molecule has 1 rings (SSSR count). The Bertz CT molecular complexity index is 468. The van der Waals surface area contributed by atoms with Gasteiger partial charge in [0, 0.05) is 12.8 Å². The van der Waals surface area contributed by atoms with Crippen molar-refractivity contribution in [2.24, 2.45) is 0 Å². The van der Waals surface area contributed by atoms with Crippen molar-refractivity contribution in [1.29, 1.82) is 0 Å². The van der Waals surface area contributed by atoms with Crippen molar-refractivity contribution in [2.45, 2.75) is 59.0 Å². The second-order valence-corrected chi connectivity index (χ2v) is 5.09. The number of aromatic nitrogens is 2. The normalized spacial score (nSPS) is 11.9. The molecule has 112 valence electrons. The average molecular weight is 280 g/mol. The highest BCUT2D eigenvalue weighted by molar-refractivity contribution is 5.88. The van der Waals surface area contributed by atoms with Crippen LogP contribution in [0, 0.1) is 0 Å². The van der Waals surface area contributed by atoms with E-state index in [0.717, 1.165) is 12.8 Å². The van der Waals surface area contributed by atoms with E-state index in [1.165, 1.54) is 6.20 Å². The molecular formula is C15H24N2O3. The van der Waals surface area contributed by atoms with Crippen molar-refractivity contribution < 1.29 is 14.6 Å². The summed E-state index contributed by atoms with van der Waals surface area (Å²) in [5.41, 5.74) is 0.199. The Morgan fingerprint density at radius 2 is 1.95 bits per heavy atom. The fourth-order valence-electron chi connectivity index (χ4n) is 2.33. The van der Waals surface area contributed by atoms with Gasteiger partial charge in [-0.3, -0.25) is 0 Å². The summed E-state index contributed by atoms with van der Waals surface area (Å²) in [5.74, 6) is -0.385. The van der Waals surface area contributed by atoms with Crippen LogP contribution in [0.1, 0.15) is 75.3 Å². The van der Waals surface area contributed by atoms with Crippen molar-refractivity contribution in [2.75, 3.05) is 6.61 Å². The number of carboxylic acids is 1. The summed E-state index contributed by atoms with van der Waals surface area (Å²) in [7, 11) is 0. The van der Waals surface area contributed by atoms with E-state index in [-0.39, 0.29) is 11.5 Å². The van der Waals surface area contributed by atoms with E-state index in [9.17, 15) is 9.90 Å². The minimum Gasteiger partial charge on any atom is -0.478 e. The maximum Gasteiger partial charge on any atom is 0.339 e. The predicted octanol–water partition coefficient (Wildman–Crippen LogP) is 3.35. The summed E-state index contributed by atoms with van der Waals surface area (Å²) in [6.07, 6.45) is 2.90. The van der Waals surface area contributed by atoms with Crippen LogP contribution in [-0.4, -0.2) is 27.7 Å². The molecule has 0 amide bonds. The van der Waals surface area contributed by atoms with E-state index in [4.69, 9.17) is 4.74 Å². The van der Waals surface area contributed by atoms with Gasteiger partial charge in [-0.05, 0) is 25.7 Å². The average Bonchev–Trinajstić information content (AvgIpc) is 2.44. The van der Waals surface area contributed by atoms with E-state index in [1.807, 2.05) is 34.6 Å². The van der Waals surface area contributed by atoms with Crippen molar-refractivity contribution in [3.8, 4) is 0 Å². The van der Waals surface area contributed by atoms with Gasteiger partial charge in [-0.2, -0.15) is 0 Å². The summed E-state index contributed by atoms with van der Waals surface area (Å²) in [4.78, 5) is 20.0. The van der Waals surface area contributed by atoms with Crippen LogP contribution >= 0.6 is 0 Å². The molecule has 0 saturated heterocycles. The minimum absolute atomic E-state index is 0.0240. The number of nitrogens with zero attached hydrogens (tertiary/aromatic N) is 2. The van der Waals surface area contributed by atoms with Crippen LogP contribution in [-0.2, 0) is 10.3 Å². The molecule has 1 heterocycles. The third-order valence-electron chi connectivity index (χ3n) is 3.57. The molecule has 0 aliphatic carbocycles. The summed E-state index contributed by atoms with van der Waals surface area (Å²) in [6.45, 7) is 10.4. The lowest BCUT2D eigenvalue weighted by molar-refractivity contribution is -0.0573. The summed E-state index contributed by atoms with van der Waals surface area (Å²) in [5, 5.41) is 9.21. The first kappa shape index (κ1) is 16.6. The Kier molecular flexibility index (Phi) is 5.62. The number of carboxylic acid groups (broad SMARTS) is 1. The lowest BCUT2D eigenvalue weighted by Crippen LogP contribution is -2.31. The van der Waals surface area contributed by atoms with Crippen LogP contribution < -0.4 is 0 Å². The number of ether oxygens (including phenoxy) is 1. The molecule has 1 aromatic heterocycles. The third kappa shape index (κ3) is 3.15. The second kappa shape index (κ2) is 6.79. The van der Waals surface area contributed by atoms with Gasteiger partial charge >= 0.3 is 5.97 Å².